The number of carbonyl (C=O) groups is 2. The van der Waals surface area contributed by atoms with Gasteiger partial charge in [-0.1, -0.05) is 12.1 Å². The minimum absolute atomic E-state index is 0.264. The van der Waals surface area contributed by atoms with Crippen LogP contribution in [0.15, 0.2) is 47.8 Å². The Balaban J connectivity index is 1.71. The minimum atomic E-state index is -0.399. The molecule has 0 saturated carbocycles. The number of amides is 1. The molecule has 1 amide bonds. The average Bonchev–Trinajstić information content (AvgIpc) is 3.06. The molecule has 132 valence electrons. The van der Waals surface area contributed by atoms with Crippen LogP contribution in [0.2, 0.25) is 0 Å². The van der Waals surface area contributed by atoms with E-state index in [0.717, 1.165) is 11.3 Å². The Labute approximate surface area is 155 Å². The second-order valence-electron chi connectivity index (χ2n) is 5.91. The van der Waals surface area contributed by atoms with Crippen molar-refractivity contribution in [3.05, 3.63) is 64.5 Å². The summed E-state index contributed by atoms with van der Waals surface area (Å²) in [5, 5.41) is 5.25. The number of thiazole rings is 1. The number of aromatic nitrogens is 1. The molecule has 1 heterocycles. The lowest BCUT2D eigenvalue weighted by Crippen LogP contribution is -2.11. The highest BCUT2D eigenvalue weighted by Crippen LogP contribution is 2.27. The molecule has 3 rings (SSSR count). The first-order chi connectivity index (χ1) is 12.4. The summed E-state index contributed by atoms with van der Waals surface area (Å²) in [6.07, 6.45) is 0. The van der Waals surface area contributed by atoms with Crippen LogP contribution in [-0.4, -0.2) is 16.9 Å². The first-order valence-electron chi connectivity index (χ1n) is 8.05. The van der Waals surface area contributed by atoms with Crippen LogP contribution in [0.25, 0.3) is 11.3 Å². The van der Waals surface area contributed by atoms with Gasteiger partial charge in [-0.3, -0.25) is 14.9 Å². The lowest BCUT2D eigenvalue weighted by molar-refractivity contribution is -0.131. The van der Waals surface area contributed by atoms with Crippen molar-refractivity contribution >= 4 is 28.3 Å². The molecule has 0 bridgehead atoms. The van der Waals surface area contributed by atoms with Crippen molar-refractivity contribution in [1.29, 1.82) is 0 Å². The number of esters is 1. The van der Waals surface area contributed by atoms with E-state index in [9.17, 15) is 9.59 Å². The van der Waals surface area contributed by atoms with Crippen molar-refractivity contribution in [1.82, 2.24) is 4.98 Å². The van der Waals surface area contributed by atoms with E-state index in [0.29, 0.717) is 16.4 Å². The van der Waals surface area contributed by atoms with Crippen LogP contribution in [0.4, 0.5) is 5.13 Å². The van der Waals surface area contributed by atoms with Gasteiger partial charge in [0, 0.05) is 23.4 Å². The van der Waals surface area contributed by atoms with Crippen LogP contribution < -0.4 is 10.1 Å². The molecule has 0 spiro atoms. The van der Waals surface area contributed by atoms with Gasteiger partial charge in [-0.05, 0) is 55.3 Å². The third-order valence-corrected chi connectivity index (χ3v) is 4.66. The Morgan fingerprint density at radius 1 is 1.04 bits per heavy atom. The predicted molar refractivity (Wildman–Crippen MR) is 103 cm³/mol. The molecule has 6 heteroatoms. The molecule has 1 N–H and O–H groups in total. The topological polar surface area (TPSA) is 68.3 Å². The molecular weight excluding hydrogens is 348 g/mol. The van der Waals surface area contributed by atoms with Crippen molar-refractivity contribution in [2.75, 3.05) is 5.32 Å². The smallest absolute Gasteiger partial charge is 0.308 e. The second-order valence-corrected chi connectivity index (χ2v) is 6.77. The van der Waals surface area contributed by atoms with Crippen molar-refractivity contribution in [2.45, 2.75) is 20.8 Å². The number of hydrogen-bond acceptors (Lipinski definition) is 5. The fourth-order valence-corrected chi connectivity index (χ4v) is 3.09. The number of benzene rings is 2. The van der Waals surface area contributed by atoms with E-state index in [1.54, 1.807) is 24.3 Å². The Morgan fingerprint density at radius 3 is 2.42 bits per heavy atom. The molecule has 0 atom stereocenters. The van der Waals surface area contributed by atoms with E-state index >= 15 is 0 Å². The highest BCUT2D eigenvalue weighted by molar-refractivity contribution is 7.14. The van der Waals surface area contributed by atoms with Gasteiger partial charge in [0.05, 0.1) is 5.69 Å². The standard InChI is InChI=1S/C20H18N2O3S/c1-12-4-5-16(10-13(12)2)18-11-26-20(21-18)22-19(24)15-6-8-17(9-7-15)25-14(3)23/h4-11H,1-3H3,(H,21,22,24). The van der Waals surface area contributed by atoms with Gasteiger partial charge in [0.1, 0.15) is 5.75 Å². The SMILES string of the molecule is CC(=O)Oc1ccc(C(=O)Nc2nc(-c3ccc(C)c(C)c3)cs2)cc1. The molecule has 1 aromatic heterocycles. The molecule has 0 fully saturated rings. The van der Waals surface area contributed by atoms with Crippen LogP contribution in [0.1, 0.15) is 28.4 Å². The maximum Gasteiger partial charge on any atom is 0.308 e. The lowest BCUT2D eigenvalue weighted by atomic mass is 10.1. The second kappa shape index (κ2) is 7.49. The van der Waals surface area contributed by atoms with E-state index in [2.05, 4.69) is 36.3 Å². The maximum atomic E-state index is 12.3. The summed E-state index contributed by atoms with van der Waals surface area (Å²) in [6, 6.07) is 12.5. The molecule has 2 aromatic carbocycles. The first kappa shape index (κ1) is 17.8. The monoisotopic (exact) mass is 366 g/mol. The maximum absolute atomic E-state index is 12.3. The highest BCUT2D eigenvalue weighted by atomic mass is 32.1. The van der Waals surface area contributed by atoms with Crippen LogP contribution in [0.3, 0.4) is 0 Å². The van der Waals surface area contributed by atoms with Crippen LogP contribution >= 0.6 is 11.3 Å². The van der Waals surface area contributed by atoms with Gasteiger partial charge in [0.15, 0.2) is 5.13 Å². The van der Waals surface area contributed by atoms with Gasteiger partial charge in [-0.25, -0.2) is 4.98 Å². The van der Waals surface area contributed by atoms with Crippen LogP contribution in [-0.2, 0) is 4.79 Å². The summed E-state index contributed by atoms with van der Waals surface area (Å²) < 4.78 is 4.96. The molecule has 0 radical (unpaired) electrons. The number of carbonyl (C=O) groups excluding carboxylic acids is 2. The van der Waals surface area contributed by atoms with E-state index < -0.39 is 5.97 Å². The number of aryl methyl sites for hydroxylation is 2. The van der Waals surface area contributed by atoms with Gasteiger partial charge in [-0.2, -0.15) is 0 Å². The molecule has 0 saturated heterocycles. The molecule has 0 aliphatic heterocycles. The Bertz CT molecular complexity index is 961. The van der Waals surface area contributed by atoms with Gasteiger partial charge < -0.3 is 4.74 Å². The van der Waals surface area contributed by atoms with E-state index in [1.807, 2.05) is 11.4 Å². The fraction of sp³-hybridized carbons (Fsp3) is 0.150. The highest BCUT2D eigenvalue weighted by Gasteiger charge is 2.11. The van der Waals surface area contributed by atoms with Gasteiger partial charge in [0.25, 0.3) is 5.91 Å². The summed E-state index contributed by atoms with van der Waals surface area (Å²) in [6.45, 7) is 5.46. The fourth-order valence-electron chi connectivity index (χ4n) is 2.37. The number of nitrogens with one attached hydrogen (secondary N) is 1. The summed E-state index contributed by atoms with van der Waals surface area (Å²) >= 11 is 1.38. The number of nitrogens with zero attached hydrogens (tertiary/aromatic N) is 1. The van der Waals surface area contributed by atoms with Crippen molar-refractivity contribution in [2.24, 2.45) is 0 Å². The zero-order chi connectivity index (χ0) is 18.7. The van der Waals surface area contributed by atoms with Crippen molar-refractivity contribution < 1.29 is 14.3 Å². The lowest BCUT2D eigenvalue weighted by Gasteiger charge is -2.04. The van der Waals surface area contributed by atoms with E-state index in [4.69, 9.17) is 4.74 Å². The quantitative estimate of drug-likeness (QED) is 0.541. The van der Waals surface area contributed by atoms with E-state index in [-0.39, 0.29) is 5.91 Å². The zero-order valence-corrected chi connectivity index (χ0v) is 15.5. The van der Waals surface area contributed by atoms with Crippen LogP contribution in [0, 0.1) is 13.8 Å². The Morgan fingerprint density at radius 2 is 1.77 bits per heavy atom. The predicted octanol–water partition coefficient (Wildman–Crippen LogP) is 4.60. The third-order valence-electron chi connectivity index (χ3n) is 3.91. The summed E-state index contributed by atoms with van der Waals surface area (Å²) in [7, 11) is 0. The summed E-state index contributed by atoms with van der Waals surface area (Å²) in [5.74, 6) is -0.260. The number of anilines is 1. The summed E-state index contributed by atoms with van der Waals surface area (Å²) in [4.78, 5) is 27.8. The molecule has 26 heavy (non-hydrogen) atoms. The molecule has 0 aliphatic rings. The molecule has 0 aliphatic carbocycles. The average molecular weight is 366 g/mol. The van der Waals surface area contributed by atoms with Gasteiger partial charge >= 0.3 is 5.97 Å². The molecule has 5 nitrogen and oxygen atoms in total. The number of hydrogen-bond donors (Lipinski definition) is 1. The van der Waals surface area contributed by atoms with E-state index in [1.165, 1.54) is 29.4 Å². The van der Waals surface area contributed by atoms with Gasteiger partial charge in [-0.15, -0.1) is 11.3 Å². The largest absolute Gasteiger partial charge is 0.427 e. The van der Waals surface area contributed by atoms with Crippen molar-refractivity contribution in [3.63, 3.8) is 0 Å². The number of rotatable bonds is 4. The third kappa shape index (κ3) is 4.15. The molecule has 0 unspecified atom stereocenters. The normalized spacial score (nSPS) is 10.4. The molecule has 3 aromatic rings. The number of ether oxygens (including phenoxy) is 1. The Hall–Kier alpha value is -2.99. The Kier molecular flexibility index (Phi) is 5.14. The zero-order valence-electron chi connectivity index (χ0n) is 14.7. The minimum Gasteiger partial charge on any atom is -0.427 e. The molecular formula is C20H18N2O3S. The van der Waals surface area contributed by atoms with Crippen LogP contribution in [0.5, 0.6) is 5.75 Å². The van der Waals surface area contributed by atoms with Crippen molar-refractivity contribution in [3.8, 4) is 17.0 Å². The first-order valence-corrected chi connectivity index (χ1v) is 8.93. The summed E-state index contributed by atoms with van der Waals surface area (Å²) in [5.41, 5.74) is 4.75. The van der Waals surface area contributed by atoms with Gasteiger partial charge in [0.2, 0.25) is 0 Å².